The predicted octanol–water partition coefficient (Wildman–Crippen LogP) is 2.02. The van der Waals surface area contributed by atoms with Crippen molar-refractivity contribution in [3.63, 3.8) is 0 Å². The Balaban J connectivity index is 1.71. The molecule has 2 aliphatic heterocycles. The Morgan fingerprint density at radius 2 is 2.30 bits per heavy atom. The van der Waals surface area contributed by atoms with Crippen molar-refractivity contribution in [3.8, 4) is 5.75 Å². The molecule has 0 aromatic heterocycles. The number of benzene rings is 1. The quantitative estimate of drug-likeness (QED) is 0.913. The van der Waals surface area contributed by atoms with Gasteiger partial charge in [-0.2, -0.15) is 0 Å². The van der Waals surface area contributed by atoms with Gasteiger partial charge in [0.2, 0.25) is 0 Å². The van der Waals surface area contributed by atoms with Crippen molar-refractivity contribution in [1.29, 1.82) is 0 Å². The number of likely N-dealkylation sites (tertiary alicyclic amines) is 1. The van der Waals surface area contributed by atoms with Crippen LogP contribution in [0.5, 0.6) is 5.75 Å². The molecule has 0 saturated carbocycles. The number of para-hydroxylation sites is 1. The van der Waals surface area contributed by atoms with Crippen LogP contribution in [-0.4, -0.2) is 56.2 Å². The lowest BCUT2D eigenvalue weighted by Gasteiger charge is -2.36. The molecule has 1 N–H and O–H groups in total. The van der Waals surface area contributed by atoms with Gasteiger partial charge in [-0.25, -0.2) is 0 Å². The largest absolute Gasteiger partial charge is 0.489 e. The van der Waals surface area contributed by atoms with Gasteiger partial charge < -0.3 is 15.0 Å². The van der Waals surface area contributed by atoms with Crippen LogP contribution in [0, 0.1) is 0 Å². The first kappa shape index (κ1) is 13.7. The standard InChI is InChI=1S/C16H25N3O/c1-18(2)14-6-4-9-19(12-14)11-13-5-3-7-15-16(13)20-10-8-17-15/h3,5,7,14,17H,4,6,8-12H2,1-2H3. The molecule has 0 radical (unpaired) electrons. The third kappa shape index (κ3) is 2.91. The number of piperidine rings is 1. The van der Waals surface area contributed by atoms with Crippen LogP contribution in [0.1, 0.15) is 18.4 Å². The van der Waals surface area contributed by atoms with Gasteiger partial charge in [0.1, 0.15) is 12.4 Å². The molecular formula is C16H25N3O. The second kappa shape index (κ2) is 6.02. The number of ether oxygens (including phenoxy) is 1. The summed E-state index contributed by atoms with van der Waals surface area (Å²) in [5, 5.41) is 3.42. The first-order chi connectivity index (χ1) is 9.74. The third-order valence-electron chi connectivity index (χ3n) is 4.37. The van der Waals surface area contributed by atoms with E-state index in [-0.39, 0.29) is 0 Å². The Hall–Kier alpha value is -1.26. The summed E-state index contributed by atoms with van der Waals surface area (Å²) >= 11 is 0. The van der Waals surface area contributed by atoms with E-state index in [9.17, 15) is 0 Å². The van der Waals surface area contributed by atoms with E-state index in [1.54, 1.807) is 0 Å². The van der Waals surface area contributed by atoms with Crippen LogP contribution < -0.4 is 10.1 Å². The van der Waals surface area contributed by atoms with Crippen LogP contribution in [0.15, 0.2) is 18.2 Å². The normalized spacial score (nSPS) is 23.1. The van der Waals surface area contributed by atoms with Gasteiger partial charge in [-0.1, -0.05) is 12.1 Å². The maximum Gasteiger partial charge on any atom is 0.146 e. The summed E-state index contributed by atoms with van der Waals surface area (Å²) in [6, 6.07) is 7.12. The molecule has 1 atom stereocenters. The second-order valence-electron chi connectivity index (χ2n) is 6.06. The van der Waals surface area contributed by atoms with Crippen molar-refractivity contribution in [2.75, 3.05) is 45.7 Å². The van der Waals surface area contributed by atoms with E-state index in [4.69, 9.17) is 4.74 Å². The Morgan fingerprint density at radius 1 is 1.40 bits per heavy atom. The van der Waals surface area contributed by atoms with Gasteiger partial charge in [-0.05, 0) is 39.5 Å². The summed E-state index contributed by atoms with van der Waals surface area (Å²) in [4.78, 5) is 4.91. The molecule has 3 rings (SSSR count). The average molecular weight is 275 g/mol. The van der Waals surface area contributed by atoms with E-state index in [2.05, 4.69) is 47.4 Å². The van der Waals surface area contributed by atoms with E-state index in [0.29, 0.717) is 6.04 Å². The maximum atomic E-state index is 5.87. The molecule has 4 nitrogen and oxygen atoms in total. The lowest BCUT2D eigenvalue weighted by molar-refractivity contribution is 0.127. The molecule has 2 heterocycles. The lowest BCUT2D eigenvalue weighted by atomic mass is 10.0. The molecule has 0 spiro atoms. The van der Waals surface area contributed by atoms with E-state index in [1.807, 2.05) is 0 Å². The average Bonchev–Trinajstić information content (AvgIpc) is 2.48. The zero-order chi connectivity index (χ0) is 13.9. The monoisotopic (exact) mass is 275 g/mol. The minimum absolute atomic E-state index is 0.683. The van der Waals surface area contributed by atoms with Crippen molar-refractivity contribution in [2.45, 2.75) is 25.4 Å². The van der Waals surface area contributed by atoms with Crippen molar-refractivity contribution in [1.82, 2.24) is 9.80 Å². The SMILES string of the molecule is CN(C)C1CCCN(Cc2cccc3c2OCCN3)C1. The molecule has 1 unspecified atom stereocenters. The summed E-state index contributed by atoms with van der Waals surface area (Å²) in [7, 11) is 4.37. The van der Waals surface area contributed by atoms with E-state index in [0.717, 1.165) is 37.7 Å². The number of fused-ring (bicyclic) bond motifs is 1. The summed E-state index contributed by atoms with van der Waals surface area (Å²) in [5.74, 6) is 1.06. The van der Waals surface area contributed by atoms with E-state index >= 15 is 0 Å². The molecule has 2 aliphatic rings. The highest BCUT2D eigenvalue weighted by Crippen LogP contribution is 2.32. The number of rotatable bonds is 3. The smallest absolute Gasteiger partial charge is 0.146 e. The third-order valence-corrected chi connectivity index (χ3v) is 4.37. The number of hydrogen-bond donors (Lipinski definition) is 1. The molecule has 1 fully saturated rings. The number of likely N-dealkylation sites (N-methyl/N-ethyl adjacent to an activating group) is 1. The predicted molar refractivity (Wildman–Crippen MR) is 82.4 cm³/mol. The first-order valence-corrected chi connectivity index (χ1v) is 7.61. The highest BCUT2D eigenvalue weighted by atomic mass is 16.5. The van der Waals surface area contributed by atoms with Gasteiger partial charge >= 0.3 is 0 Å². The molecule has 1 aromatic rings. The highest BCUT2D eigenvalue weighted by Gasteiger charge is 2.23. The van der Waals surface area contributed by atoms with Gasteiger partial charge in [0, 0.05) is 31.2 Å². The molecule has 0 bridgehead atoms. The van der Waals surface area contributed by atoms with Crippen molar-refractivity contribution in [3.05, 3.63) is 23.8 Å². The fourth-order valence-electron chi connectivity index (χ4n) is 3.19. The van der Waals surface area contributed by atoms with Crippen molar-refractivity contribution < 1.29 is 4.74 Å². The summed E-state index contributed by atoms with van der Waals surface area (Å²) in [6.07, 6.45) is 2.60. The Labute approximate surface area is 121 Å². The van der Waals surface area contributed by atoms with Crippen LogP contribution in [0.25, 0.3) is 0 Å². The molecule has 20 heavy (non-hydrogen) atoms. The van der Waals surface area contributed by atoms with Gasteiger partial charge in [-0.15, -0.1) is 0 Å². The van der Waals surface area contributed by atoms with Crippen LogP contribution in [-0.2, 0) is 6.54 Å². The second-order valence-corrected chi connectivity index (χ2v) is 6.06. The fraction of sp³-hybridized carbons (Fsp3) is 0.625. The van der Waals surface area contributed by atoms with Gasteiger partial charge in [0.25, 0.3) is 0 Å². The van der Waals surface area contributed by atoms with Crippen molar-refractivity contribution >= 4 is 5.69 Å². The highest BCUT2D eigenvalue weighted by molar-refractivity contribution is 5.61. The van der Waals surface area contributed by atoms with Crippen molar-refractivity contribution in [2.24, 2.45) is 0 Å². The Kier molecular flexibility index (Phi) is 4.13. The number of nitrogens with zero attached hydrogens (tertiary/aromatic N) is 2. The Bertz CT molecular complexity index is 461. The molecule has 0 aliphatic carbocycles. The van der Waals surface area contributed by atoms with E-state index in [1.165, 1.54) is 24.9 Å². The van der Waals surface area contributed by atoms with Crippen LogP contribution in [0.4, 0.5) is 5.69 Å². The maximum absolute atomic E-state index is 5.87. The molecule has 1 saturated heterocycles. The van der Waals surface area contributed by atoms with Gasteiger partial charge in [0.05, 0.1) is 5.69 Å². The van der Waals surface area contributed by atoms with Gasteiger partial charge in [0.15, 0.2) is 0 Å². The molecule has 0 amide bonds. The minimum Gasteiger partial charge on any atom is -0.489 e. The number of hydrogen-bond acceptors (Lipinski definition) is 4. The minimum atomic E-state index is 0.683. The molecule has 110 valence electrons. The van der Waals surface area contributed by atoms with E-state index < -0.39 is 0 Å². The molecule has 1 aromatic carbocycles. The number of nitrogens with one attached hydrogen (secondary N) is 1. The first-order valence-electron chi connectivity index (χ1n) is 7.61. The lowest BCUT2D eigenvalue weighted by Crippen LogP contribution is -2.44. The fourth-order valence-corrected chi connectivity index (χ4v) is 3.19. The summed E-state index contributed by atoms with van der Waals surface area (Å²) < 4.78 is 5.87. The Morgan fingerprint density at radius 3 is 3.15 bits per heavy atom. The summed E-state index contributed by atoms with van der Waals surface area (Å²) in [5.41, 5.74) is 2.46. The van der Waals surface area contributed by atoms with Gasteiger partial charge in [-0.3, -0.25) is 4.90 Å². The topological polar surface area (TPSA) is 27.7 Å². The van der Waals surface area contributed by atoms with Crippen LogP contribution in [0.2, 0.25) is 0 Å². The number of anilines is 1. The summed E-state index contributed by atoms with van der Waals surface area (Å²) in [6.45, 7) is 5.02. The van der Waals surface area contributed by atoms with Crippen LogP contribution >= 0.6 is 0 Å². The molecular weight excluding hydrogens is 250 g/mol. The zero-order valence-corrected chi connectivity index (χ0v) is 12.6. The van der Waals surface area contributed by atoms with Crippen LogP contribution in [0.3, 0.4) is 0 Å². The molecule has 4 heteroatoms. The zero-order valence-electron chi connectivity index (χ0n) is 12.6.